The van der Waals surface area contributed by atoms with Crippen molar-refractivity contribution in [2.45, 2.75) is 51.1 Å². The molecule has 0 fully saturated rings. The standard InChI is InChI=1S/C13H22N4O2/c1-2-10(5-6-18)15-13(19)16-11-3-4-12-9(7-11)8-14-17-12/h8,10-11,18H,2-7H2,1H3,(H,14,17)(H2,15,16,19). The molecule has 2 amide bonds. The van der Waals surface area contributed by atoms with Crippen molar-refractivity contribution in [3.8, 4) is 0 Å². The van der Waals surface area contributed by atoms with Gasteiger partial charge in [-0.1, -0.05) is 6.92 Å². The van der Waals surface area contributed by atoms with Gasteiger partial charge in [-0.3, -0.25) is 5.10 Å². The van der Waals surface area contributed by atoms with E-state index in [4.69, 9.17) is 5.11 Å². The van der Waals surface area contributed by atoms with Crippen molar-refractivity contribution in [2.24, 2.45) is 0 Å². The zero-order valence-corrected chi connectivity index (χ0v) is 11.3. The average Bonchev–Trinajstić information content (AvgIpc) is 2.85. The molecule has 2 unspecified atom stereocenters. The van der Waals surface area contributed by atoms with Gasteiger partial charge in [0.1, 0.15) is 0 Å². The number of aryl methyl sites for hydroxylation is 1. The number of aliphatic hydroxyl groups excluding tert-OH is 1. The molecule has 0 aromatic carbocycles. The molecule has 6 heteroatoms. The smallest absolute Gasteiger partial charge is 0.315 e. The third kappa shape index (κ3) is 3.70. The highest BCUT2D eigenvalue weighted by atomic mass is 16.3. The van der Waals surface area contributed by atoms with Crippen LogP contribution in [0.3, 0.4) is 0 Å². The van der Waals surface area contributed by atoms with Gasteiger partial charge in [0.15, 0.2) is 0 Å². The van der Waals surface area contributed by atoms with Gasteiger partial charge in [0.25, 0.3) is 0 Å². The number of aromatic nitrogens is 2. The molecule has 19 heavy (non-hydrogen) atoms. The highest BCUT2D eigenvalue weighted by Crippen LogP contribution is 2.18. The molecule has 0 spiro atoms. The topological polar surface area (TPSA) is 90.0 Å². The fourth-order valence-electron chi connectivity index (χ4n) is 2.49. The largest absolute Gasteiger partial charge is 0.396 e. The molecule has 0 bridgehead atoms. The van der Waals surface area contributed by atoms with Gasteiger partial charge >= 0.3 is 6.03 Å². The third-order valence-corrected chi connectivity index (χ3v) is 3.66. The van der Waals surface area contributed by atoms with Crippen LogP contribution in [-0.4, -0.2) is 40.0 Å². The normalized spacial score (nSPS) is 19.6. The number of H-pyrrole nitrogens is 1. The molecule has 1 heterocycles. The van der Waals surface area contributed by atoms with E-state index in [1.807, 2.05) is 13.1 Å². The SMILES string of the molecule is CCC(CCO)NC(=O)NC1CCc2[nH]ncc2C1. The Kier molecular flexibility index (Phi) is 4.79. The molecule has 1 aromatic heterocycles. The van der Waals surface area contributed by atoms with Crippen molar-refractivity contribution in [3.63, 3.8) is 0 Å². The van der Waals surface area contributed by atoms with E-state index in [0.29, 0.717) is 6.42 Å². The van der Waals surface area contributed by atoms with Gasteiger partial charge in [0, 0.05) is 24.4 Å². The van der Waals surface area contributed by atoms with Gasteiger partial charge in [-0.2, -0.15) is 5.10 Å². The zero-order valence-electron chi connectivity index (χ0n) is 11.3. The van der Waals surface area contributed by atoms with E-state index < -0.39 is 0 Å². The maximum absolute atomic E-state index is 11.9. The van der Waals surface area contributed by atoms with Crippen molar-refractivity contribution >= 4 is 6.03 Å². The minimum Gasteiger partial charge on any atom is -0.396 e. The summed E-state index contributed by atoms with van der Waals surface area (Å²) in [6, 6.07) is 0.0621. The Morgan fingerprint density at radius 1 is 1.68 bits per heavy atom. The van der Waals surface area contributed by atoms with Crippen molar-refractivity contribution in [1.82, 2.24) is 20.8 Å². The van der Waals surface area contributed by atoms with Crippen LogP contribution in [-0.2, 0) is 12.8 Å². The summed E-state index contributed by atoms with van der Waals surface area (Å²) in [4.78, 5) is 11.9. The second kappa shape index (κ2) is 6.56. The number of carbonyl (C=O) groups excluding carboxylic acids is 1. The minimum atomic E-state index is -0.141. The molecule has 0 aliphatic heterocycles. The molecule has 1 aliphatic rings. The predicted octanol–water partition coefficient (Wildman–Crippen LogP) is 0.727. The molecule has 4 N–H and O–H groups in total. The van der Waals surface area contributed by atoms with Crippen molar-refractivity contribution in [1.29, 1.82) is 0 Å². The Balaban J connectivity index is 1.80. The first-order chi connectivity index (χ1) is 9.22. The van der Waals surface area contributed by atoms with Crippen LogP contribution in [0.5, 0.6) is 0 Å². The third-order valence-electron chi connectivity index (χ3n) is 3.66. The summed E-state index contributed by atoms with van der Waals surface area (Å²) in [7, 11) is 0. The maximum Gasteiger partial charge on any atom is 0.315 e. The highest BCUT2D eigenvalue weighted by molar-refractivity contribution is 5.74. The number of amides is 2. The fraction of sp³-hybridized carbons (Fsp3) is 0.692. The molecule has 0 saturated heterocycles. The van der Waals surface area contributed by atoms with Crippen LogP contribution in [0.2, 0.25) is 0 Å². The Bertz CT molecular complexity index is 419. The van der Waals surface area contributed by atoms with E-state index in [1.54, 1.807) is 0 Å². The van der Waals surface area contributed by atoms with Crippen LogP contribution in [0.4, 0.5) is 4.79 Å². The number of aromatic amines is 1. The molecular weight excluding hydrogens is 244 g/mol. The highest BCUT2D eigenvalue weighted by Gasteiger charge is 2.22. The Hall–Kier alpha value is -1.56. The summed E-state index contributed by atoms with van der Waals surface area (Å²) < 4.78 is 0. The number of nitrogens with one attached hydrogen (secondary N) is 3. The number of hydrogen-bond donors (Lipinski definition) is 4. The fourth-order valence-corrected chi connectivity index (χ4v) is 2.49. The number of fused-ring (bicyclic) bond motifs is 1. The van der Waals surface area contributed by atoms with Gasteiger partial charge in [-0.05, 0) is 37.7 Å². The lowest BCUT2D eigenvalue weighted by Gasteiger charge is -2.24. The monoisotopic (exact) mass is 266 g/mol. The molecule has 1 aliphatic carbocycles. The predicted molar refractivity (Wildman–Crippen MR) is 71.8 cm³/mol. The van der Waals surface area contributed by atoms with E-state index in [-0.39, 0.29) is 24.7 Å². The second-order valence-corrected chi connectivity index (χ2v) is 5.05. The molecular formula is C13H22N4O2. The molecule has 0 saturated carbocycles. The number of urea groups is 1. The number of aliphatic hydroxyl groups is 1. The first kappa shape index (κ1) is 13.9. The molecule has 1 aromatic rings. The Labute approximate surface area is 113 Å². The molecule has 6 nitrogen and oxygen atoms in total. The molecule has 106 valence electrons. The van der Waals surface area contributed by atoms with E-state index in [0.717, 1.165) is 25.7 Å². The number of carbonyl (C=O) groups is 1. The van der Waals surface area contributed by atoms with Gasteiger partial charge in [-0.15, -0.1) is 0 Å². The van der Waals surface area contributed by atoms with Crippen molar-refractivity contribution in [2.75, 3.05) is 6.61 Å². The Morgan fingerprint density at radius 2 is 2.53 bits per heavy atom. The van der Waals surface area contributed by atoms with E-state index in [9.17, 15) is 4.79 Å². The first-order valence-corrected chi connectivity index (χ1v) is 6.92. The van der Waals surface area contributed by atoms with Crippen molar-refractivity contribution in [3.05, 3.63) is 17.5 Å². The summed E-state index contributed by atoms with van der Waals surface area (Å²) in [6.45, 7) is 2.10. The summed E-state index contributed by atoms with van der Waals surface area (Å²) in [5, 5.41) is 21.8. The summed E-state index contributed by atoms with van der Waals surface area (Å²) in [6.07, 6.45) is 5.94. The summed E-state index contributed by atoms with van der Waals surface area (Å²) in [5.41, 5.74) is 2.38. The second-order valence-electron chi connectivity index (χ2n) is 5.05. The van der Waals surface area contributed by atoms with Gasteiger partial charge in [0.05, 0.1) is 6.20 Å². The van der Waals surface area contributed by atoms with Gasteiger partial charge in [-0.25, -0.2) is 4.79 Å². The quantitative estimate of drug-likeness (QED) is 0.633. The van der Waals surface area contributed by atoms with E-state index >= 15 is 0 Å². The van der Waals surface area contributed by atoms with Crippen molar-refractivity contribution < 1.29 is 9.90 Å². The van der Waals surface area contributed by atoms with Gasteiger partial charge in [0.2, 0.25) is 0 Å². The minimum absolute atomic E-state index is 0.0399. The van der Waals surface area contributed by atoms with Crippen LogP contribution < -0.4 is 10.6 Å². The lowest BCUT2D eigenvalue weighted by atomic mass is 9.94. The van der Waals surface area contributed by atoms with Crippen LogP contribution in [0, 0.1) is 0 Å². The summed E-state index contributed by atoms with van der Waals surface area (Å²) in [5.74, 6) is 0. The Morgan fingerprint density at radius 3 is 3.26 bits per heavy atom. The lowest BCUT2D eigenvalue weighted by molar-refractivity contribution is 0.223. The average molecular weight is 266 g/mol. The number of nitrogens with zero attached hydrogens (tertiary/aromatic N) is 1. The lowest BCUT2D eigenvalue weighted by Crippen LogP contribution is -2.47. The van der Waals surface area contributed by atoms with E-state index in [2.05, 4.69) is 20.8 Å². The summed E-state index contributed by atoms with van der Waals surface area (Å²) >= 11 is 0. The van der Waals surface area contributed by atoms with Gasteiger partial charge < -0.3 is 15.7 Å². The number of rotatable bonds is 5. The molecule has 2 rings (SSSR count). The van der Waals surface area contributed by atoms with Crippen LogP contribution in [0.25, 0.3) is 0 Å². The van der Waals surface area contributed by atoms with Crippen LogP contribution in [0.1, 0.15) is 37.4 Å². The molecule has 2 atom stereocenters. The first-order valence-electron chi connectivity index (χ1n) is 6.92. The van der Waals surface area contributed by atoms with Crippen LogP contribution >= 0.6 is 0 Å². The van der Waals surface area contributed by atoms with E-state index in [1.165, 1.54) is 11.3 Å². The molecule has 0 radical (unpaired) electrons. The van der Waals surface area contributed by atoms with Crippen LogP contribution in [0.15, 0.2) is 6.20 Å². The number of hydrogen-bond acceptors (Lipinski definition) is 3. The zero-order chi connectivity index (χ0) is 13.7. The maximum atomic E-state index is 11.9.